The number of ether oxygens (including phenoxy) is 1. The number of nitriles is 1. The Morgan fingerprint density at radius 3 is 2.65 bits per heavy atom. The number of hydrogen-bond acceptors (Lipinski definition) is 3. The van der Waals surface area contributed by atoms with Crippen molar-refractivity contribution >= 4 is 6.40 Å². The molecule has 1 aromatic rings. The molecule has 1 aromatic carbocycles. The summed E-state index contributed by atoms with van der Waals surface area (Å²) in [6, 6.07) is 9.94. The molecule has 1 rings (SSSR count). The van der Waals surface area contributed by atoms with Gasteiger partial charge in [-0.1, -0.05) is 19.1 Å². The monoisotopic (exact) mass is 230 g/mol. The second-order valence-electron chi connectivity index (χ2n) is 3.87. The lowest BCUT2D eigenvalue weighted by molar-refractivity contribution is 0.420. The highest BCUT2D eigenvalue weighted by Gasteiger charge is 2.08. The first-order valence-corrected chi connectivity index (χ1v) is 5.83. The third kappa shape index (κ3) is 4.28. The van der Waals surface area contributed by atoms with Crippen LogP contribution >= 0.6 is 0 Å². The van der Waals surface area contributed by atoms with Gasteiger partial charge in [-0.3, -0.25) is 4.99 Å². The third-order valence-corrected chi connectivity index (χ3v) is 2.79. The highest BCUT2D eigenvalue weighted by molar-refractivity contribution is 5.45. The Balaban J connectivity index is 2.60. The molecule has 90 valence electrons. The first-order chi connectivity index (χ1) is 8.31. The van der Waals surface area contributed by atoms with Crippen LogP contribution in [0.3, 0.4) is 0 Å². The highest BCUT2D eigenvalue weighted by atomic mass is 16.5. The largest absolute Gasteiger partial charge is 0.487 e. The van der Waals surface area contributed by atoms with Gasteiger partial charge in [-0.25, -0.2) is 0 Å². The normalized spacial score (nSPS) is 12.3. The number of nitrogens with zero attached hydrogens (tertiary/aromatic N) is 2. The molecule has 0 bridgehead atoms. The van der Waals surface area contributed by atoms with Crippen LogP contribution in [-0.4, -0.2) is 20.1 Å². The average Bonchev–Trinajstić information content (AvgIpc) is 2.39. The zero-order chi connectivity index (χ0) is 12.5. The Hall–Kier alpha value is -1.82. The molecule has 0 fully saturated rings. The molecular weight excluding hydrogens is 212 g/mol. The molecule has 1 unspecified atom stereocenters. The molecule has 0 heterocycles. The fraction of sp³-hybridized carbons (Fsp3) is 0.429. The Bertz CT molecular complexity index is 390. The first-order valence-electron chi connectivity index (χ1n) is 5.83. The maximum Gasteiger partial charge on any atom is 0.168 e. The Labute approximate surface area is 103 Å². The maximum atomic E-state index is 8.74. The van der Waals surface area contributed by atoms with E-state index < -0.39 is 0 Å². The van der Waals surface area contributed by atoms with Gasteiger partial charge in [-0.15, -0.1) is 0 Å². The zero-order valence-corrected chi connectivity index (χ0v) is 10.4. The molecule has 0 aliphatic heterocycles. The van der Waals surface area contributed by atoms with Crippen LogP contribution in [0.2, 0.25) is 0 Å². The Morgan fingerprint density at radius 1 is 1.41 bits per heavy atom. The lowest BCUT2D eigenvalue weighted by Gasteiger charge is -2.13. The predicted octanol–water partition coefficient (Wildman–Crippen LogP) is 3.12. The summed E-state index contributed by atoms with van der Waals surface area (Å²) in [6.45, 7) is 2.94. The van der Waals surface area contributed by atoms with Crippen LogP contribution in [-0.2, 0) is 4.74 Å². The van der Waals surface area contributed by atoms with Crippen LogP contribution < -0.4 is 0 Å². The minimum absolute atomic E-state index is 0.497. The van der Waals surface area contributed by atoms with Crippen LogP contribution in [0, 0.1) is 11.3 Å². The molecule has 0 saturated heterocycles. The fourth-order valence-electron chi connectivity index (χ4n) is 1.79. The van der Waals surface area contributed by atoms with E-state index in [1.807, 2.05) is 24.3 Å². The molecule has 0 aromatic heterocycles. The second-order valence-corrected chi connectivity index (χ2v) is 3.87. The maximum absolute atomic E-state index is 8.74. The summed E-state index contributed by atoms with van der Waals surface area (Å²) >= 11 is 0. The van der Waals surface area contributed by atoms with Gasteiger partial charge in [-0.05, 0) is 36.5 Å². The van der Waals surface area contributed by atoms with Crippen molar-refractivity contribution in [3.63, 3.8) is 0 Å². The summed E-state index contributed by atoms with van der Waals surface area (Å²) in [7, 11) is 1.60. The average molecular weight is 230 g/mol. The van der Waals surface area contributed by atoms with E-state index in [2.05, 4.69) is 18.0 Å². The number of rotatable bonds is 6. The number of benzene rings is 1. The molecule has 3 nitrogen and oxygen atoms in total. The van der Waals surface area contributed by atoms with Crippen LogP contribution in [0.1, 0.15) is 36.8 Å². The fourth-order valence-corrected chi connectivity index (χ4v) is 1.79. The van der Waals surface area contributed by atoms with Gasteiger partial charge < -0.3 is 4.74 Å². The molecule has 0 amide bonds. The number of methoxy groups -OCH3 is 1. The van der Waals surface area contributed by atoms with Crippen molar-refractivity contribution in [1.29, 1.82) is 5.26 Å². The Morgan fingerprint density at radius 2 is 2.12 bits per heavy atom. The van der Waals surface area contributed by atoms with Gasteiger partial charge in [0.2, 0.25) is 0 Å². The molecular formula is C14H18N2O. The Kier molecular flexibility index (Phi) is 5.81. The van der Waals surface area contributed by atoms with E-state index in [0.717, 1.165) is 19.4 Å². The van der Waals surface area contributed by atoms with Crippen molar-refractivity contribution < 1.29 is 4.74 Å². The van der Waals surface area contributed by atoms with Crippen LogP contribution in [0.4, 0.5) is 0 Å². The van der Waals surface area contributed by atoms with Gasteiger partial charge in [0, 0.05) is 6.54 Å². The van der Waals surface area contributed by atoms with E-state index in [-0.39, 0.29) is 0 Å². The standard InChI is InChI=1S/C14H18N2O/c1-3-13(8-9-16-11-17-2)14-6-4-12(10-15)5-7-14/h4-7,11,13H,3,8-9H2,1-2H3. The van der Waals surface area contributed by atoms with Gasteiger partial charge >= 0.3 is 0 Å². The van der Waals surface area contributed by atoms with Crippen LogP contribution in [0.25, 0.3) is 0 Å². The summed E-state index contributed by atoms with van der Waals surface area (Å²) in [5.41, 5.74) is 1.99. The summed E-state index contributed by atoms with van der Waals surface area (Å²) < 4.78 is 4.77. The summed E-state index contributed by atoms with van der Waals surface area (Å²) in [4.78, 5) is 4.14. The minimum Gasteiger partial charge on any atom is -0.487 e. The SMILES string of the molecule is CCC(CCN=COC)c1ccc(C#N)cc1. The van der Waals surface area contributed by atoms with Gasteiger partial charge in [0.05, 0.1) is 18.7 Å². The molecule has 3 heteroatoms. The minimum atomic E-state index is 0.497. The molecule has 0 N–H and O–H groups in total. The van der Waals surface area contributed by atoms with Crippen molar-refractivity contribution in [2.75, 3.05) is 13.7 Å². The quantitative estimate of drug-likeness (QED) is 0.556. The molecule has 17 heavy (non-hydrogen) atoms. The van der Waals surface area contributed by atoms with Gasteiger partial charge in [0.25, 0.3) is 0 Å². The van der Waals surface area contributed by atoms with E-state index in [4.69, 9.17) is 10.00 Å². The van der Waals surface area contributed by atoms with Crippen molar-refractivity contribution in [2.24, 2.45) is 4.99 Å². The van der Waals surface area contributed by atoms with Crippen molar-refractivity contribution in [1.82, 2.24) is 0 Å². The van der Waals surface area contributed by atoms with Crippen LogP contribution in [0.5, 0.6) is 0 Å². The lowest BCUT2D eigenvalue weighted by Crippen LogP contribution is -2.00. The highest BCUT2D eigenvalue weighted by Crippen LogP contribution is 2.23. The van der Waals surface area contributed by atoms with Crippen LogP contribution in [0.15, 0.2) is 29.3 Å². The first kappa shape index (κ1) is 13.2. The topological polar surface area (TPSA) is 45.4 Å². The van der Waals surface area contributed by atoms with E-state index in [9.17, 15) is 0 Å². The number of hydrogen-bond donors (Lipinski definition) is 0. The smallest absolute Gasteiger partial charge is 0.168 e. The molecule has 0 spiro atoms. The van der Waals surface area contributed by atoms with Gasteiger partial charge in [0.15, 0.2) is 6.40 Å². The summed E-state index contributed by atoms with van der Waals surface area (Å²) in [5.74, 6) is 0.497. The molecule has 1 atom stereocenters. The van der Waals surface area contributed by atoms with E-state index in [1.165, 1.54) is 12.0 Å². The van der Waals surface area contributed by atoms with E-state index in [0.29, 0.717) is 11.5 Å². The number of aliphatic imine (C=N–C) groups is 1. The lowest BCUT2D eigenvalue weighted by atomic mass is 9.93. The predicted molar refractivity (Wildman–Crippen MR) is 69.2 cm³/mol. The van der Waals surface area contributed by atoms with Gasteiger partial charge in [-0.2, -0.15) is 5.26 Å². The van der Waals surface area contributed by atoms with E-state index in [1.54, 1.807) is 7.11 Å². The zero-order valence-electron chi connectivity index (χ0n) is 10.4. The molecule has 0 saturated carbocycles. The second kappa shape index (κ2) is 7.45. The summed E-state index contributed by atoms with van der Waals surface area (Å²) in [6.07, 6.45) is 3.56. The summed E-state index contributed by atoms with van der Waals surface area (Å²) in [5, 5.41) is 8.74. The molecule has 0 aliphatic rings. The molecule has 0 aliphatic carbocycles. The van der Waals surface area contributed by atoms with Crippen molar-refractivity contribution in [2.45, 2.75) is 25.7 Å². The molecule has 0 radical (unpaired) electrons. The van der Waals surface area contributed by atoms with Crippen molar-refractivity contribution in [3.05, 3.63) is 35.4 Å². The van der Waals surface area contributed by atoms with E-state index >= 15 is 0 Å². The van der Waals surface area contributed by atoms with Crippen molar-refractivity contribution in [3.8, 4) is 6.07 Å². The van der Waals surface area contributed by atoms with Gasteiger partial charge in [0.1, 0.15) is 0 Å². The third-order valence-electron chi connectivity index (χ3n) is 2.79.